The van der Waals surface area contributed by atoms with Gasteiger partial charge in [-0.15, -0.1) is 0 Å². The Morgan fingerprint density at radius 1 is 1.33 bits per heavy atom. The maximum Gasteiger partial charge on any atom is 1.00 e. The first-order valence-corrected chi connectivity index (χ1v) is 5.44. The SMILES string of the molecule is C[Si]C1C=Cc2ccccc21.[H-].[Na+]. The van der Waals surface area contributed by atoms with Crippen LogP contribution in [0.4, 0.5) is 0 Å². The molecule has 0 fully saturated rings. The molecule has 0 saturated carbocycles. The van der Waals surface area contributed by atoms with Crippen LogP contribution < -0.4 is 29.6 Å². The topological polar surface area (TPSA) is 0 Å². The zero-order chi connectivity index (χ0) is 7.68. The predicted molar refractivity (Wildman–Crippen MR) is 50.9 cm³/mol. The molecule has 0 bridgehead atoms. The van der Waals surface area contributed by atoms with Crippen molar-refractivity contribution >= 4 is 15.6 Å². The van der Waals surface area contributed by atoms with Gasteiger partial charge in [0.05, 0.1) is 0 Å². The molecule has 1 atom stereocenters. The molecule has 0 aromatic heterocycles. The maximum absolute atomic E-state index is 2.31. The van der Waals surface area contributed by atoms with Crippen molar-refractivity contribution in [3.8, 4) is 0 Å². The van der Waals surface area contributed by atoms with Crippen molar-refractivity contribution in [1.82, 2.24) is 0 Å². The summed E-state index contributed by atoms with van der Waals surface area (Å²) in [6.45, 7) is 2.26. The number of benzene rings is 1. The van der Waals surface area contributed by atoms with Crippen LogP contribution in [-0.2, 0) is 0 Å². The second-order valence-electron chi connectivity index (χ2n) is 2.75. The number of rotatable bonds is 1. The van der Waals surface area contributed by atoms with Gasteiger partial charge in [0.15, 0.2) is 0 Å². The summed E-state index contributed by atoms with van der Waals surface area (Å²) in [5, 5.41) is 0. The van der Waals surface area contributed by atoms with Crippen LogP contribution >= 0.6 is 0 Å². The van der Waals surface area contributed by atoms with Gasteiger partial charge < -0.3 is 1.43 Å². The quantitative estimate of drug-likeness (QED) is 0.520. The first kappa shape index (κ1) is 10.3. The predicted octanol–water partition coefficient (Wildman–Crippen LogP) is -0.377. The molecule has 0 spiro atoms. The van der Waals surface area contributed by atoms with E-state index in [1.807, 2.05) is 0 Å². The third-order valence-corrected chi connectivity index (χ3v) is 3.24. The molecule has 12 heavy (non-hydrogen) atoms. The number of hydrogen-bond acceptors (Lipinski definition) is 0. The van der Waals surface area contributed by atoms with Gasteiger partial charge in [0, 0.05) is 9.52 Å². The Balaban J connectivity index is 0.000000720. The monoisotopic (exact) mass is 182 g/mol. The molecule has 1 aromatic carbocycles. The second kappa shape index (κ2) is 4.42. The van der Waals surface area contributed by atoms with E-state index in [4.69, 9.17) is 0 Å². The summed E-state index contributed by atoms with van der Waals surface area (Å²) in [5.74, 6) is 0. The molecule has 56 valence electrons. The summed E-state index contributed by atoms with van der Waals surface area (Å²) in [7, 11) is 0.992. The minimum atomic E-state index is 0. The van der Waals surface area contributed by atoms with Gasteiger partial charge in [-0.1, -0.05) is 43.0 Å². The Morgan fingerprint density at radius 2 is 2.08 bits per heavy atom. The molecule has 0 aliphatic heterocycles. The summed E-state index contributed by atoms with van der Waals surface area (Å²) in [6.07, 6.45) is 4.54. The Morgan fingerprint density at radius 3 is 2.83 bits per heavy atom. The third-order valence-electron chi connectivity index (χ3n) is 2.11. The van der Waals surface area contributed by atoms with Gasteiger partial charge in [-0.05, 0) is 16.7 Å². The van der Waals surface area contributed by atoms with Crippen molar-refractivity contribution in [3.05, 3.63) is 41.5 Å². The molecule has 1 aliphatic carbocycles. The summed E-state index contributed by atoms with van der Waals surface area (Å²) in [6, 6.07) is 8.64. The number of hydrogen-bond donors (Lipinski definition) is 0. The van der Waals surface area contributed by atoms with E-state index in [0.29, 0.717) is 5.54 Å². The molecular formula is C10H11NaSi. The van der Waals surface area contributed by atoms with E-state index < -0.39 is 0 Å². The molecule has 0 N–H and O–H groups in total. The number of fused-ring (bicyclic) bond motifs is 1. The summed E-state index contributed by atoms with van der Waals surface area (Å²) < 4.78 is 0. The Kier molecular flexibility index (Phi) is 3.78. The van der Waals surface area contributed by atoms with Crippen molar-refractivity contribution in [3.63, 3.8) is 0 Å². The molecule has 1 aromatic rings. The first-order valence-electron chi connectivity index (χ1n) is 3.86. The van der Waals surface area contributed by atoms with E-state index in [9.17, 15) is 0 Å². The molecule has 0 heterocycles. The molecule has 2 radical (unpaired) electrons. The molecule has 0 saturated heterocycles. The normalized spacial score (nSPS) is 18.6. The van der Waals surface area contributed by atoms with Gasteiger partial charge in [0.2, 0.25) is 0 Å². The van der Waals surface area contributed by atoms with Crippen molar-refractivity contribution in [2.24, 2.45) is 0 Å². The molecule has 0 amide bonds. The molecule has 1 unspecified atom stereocenters. The van der Waals surface area contributed by atoms with E-state index in [-0.39, 0.29) is 31.0 Å². The minimum absolute atomic E-state index is 0. The minimum Gasteiger partial charge on any atom is -1.00 e. The fraction of sp³-hybridized carbons (Fsp3) is 0.200. The van der Waals surface area contributed by atoms with Gasteiger partial charge in [-0.3, -0.25) is 0 Å². The van der Waals surface area contributed by atoms with Crippen LogP contribution in [0.15, 0.2) is 30.3 Å². The Hall–Kier alpha value is 0.177. The van der Waals surface area contributed by atoms with E-state index >= 15 is 0 Å². The summed E-state index contributed by atoms with van der Waals surface area (Å²) in [4.78, 5) is 0. The second-order valence-corrected chi connectivity index (χ2v) is 3.95. The van der Waals surface area contributed by atoms with Crippen LogP contribution in [-0.4, -0.2) is 9.52 Å². The fourth-order valence-electron chi connectivity index (χ4n) is 1.50. The van der Waals surface area contributed by atoms with Gasteiger partial charge in [0.25, 0.3) is 0 Å². The average molecular weight is 182 g/mol. The maximum atomic E-state index is 2.31. The number of allylic oxidation sites excluding steroid dienone is 1. The van der Waals surface area contributed by atoms with Crippen molar-refractivity contribution in [1.29, 1.82) is 0 Å². The van der Waals surface area contributed by atoms with Crippen molar-refractivity contribution in [2.45, 2.75) is 12.1 Å². The Bertz CT molecular complexity index is 299. The van der Waals surface area contributed by atoms with Crippen molar-refractivity contribution < 1.29 is 31.0 Å². The third kappa shape index (κ3) is 1.74. The van der Waals surface area contributed by atoms with Crippen LogP contribution in [0.5, 0.6) is 0 Å². The Labute approximate surface area is 99.7 Å². The van der Waals surface area contributed by atoms with Crippen molar-refractivity contribution in [2.75, 3.05) is 0 Å². The van der Waals surface area contributed by atoms with Crippen LogP contribution in [0, 0.1) is 0 Å². The molecular weight excluding hydrogens is 171 g/mol. The first-order chi connectivity index (χ1) is 5.42. The average Bonchev–Trinajstić information content (AvgIpc) is 2.47. The van der Waals surface area contributed by atoms with Gasteiger partial charge in [0.1, 0.15) is 0 Å². The van der Waals surface area contributed by atoms with E-state index in [1.165, 1.54) is 11.1 Å². The zero-order valence-corrected chi connectivity index (χ0v) is 10.5. The van der Waals surface area contributed by atoms with E-state index in [1.54, 1.807) is 0 Å². The summed E-state index contributed by atoms with van der Waals surface area (Å²) in [5.41, 5.74) is 3.62. The standard InChI is InChI=1S/C10H10Si.Na.H/c1-11-10-7-6-8-4-2-3-5-9(8)10;;/h2-7,10H,1H3;;/q;+1;-1. The largest absolute Gasteiger partial charge is 1.00 e. The van der Waals surface area contributed by atoms with E-state index in [0.717, 1.165) is 9.52 Å². The van der Waals surface area contributed by atoms with Gasteiger partial charge >= 0.3 is 29.6 Å². The van der Waals surface area contributed by atoms with Crippen LogP contribution in [0.1, 0.15) is 18.1 Å². The smallest absolute Gasteiger partial charge is 1.00 e. The van der Waals surface area contributed by atoms with Crippen LogP contribution in [0.3, 0.4) is 0 Å². The molecule has 0 nitrogen and oxygen atoms in total. The molecule has 1 aliphatic rings. The van der Waals surface area contributed by atoms with Gasteiger partial charge in [-0.25, -0.2) is 0 Å². The molecule has 2 heteroatoms. The summed E-state index contributed by atoms with van der Waals surface area (Å²) >= 11 is 0. The molecule has 2 rings (SSSR count). The van der Waals surface area contributed by atoms with Crippen LogP contribution in [0.25, 0.3) is 6.08 Å². The van der Waals surface area contributed by atoms with Gasteiger partial charge in [-0.2, -0.15) is 0 Å². The van der Waals surface area contributed by atoms with Crippen LogP contribution in [0.2, 0.25) is 6.55 Å². The fourth-order valence-corrected chi connectivity index (χ4v) is 2.36. The zero-order valence-electron chi connectivity index (χ0n) is 8.54. The van der Waals surface area contributed by atoms with E-state index in [2.05, 4.69) is 43.0 Å².